The first-order chi connectivity index (χ1) is 20.9. The Labute approximate surface area is 258 Å². The minimum absolute atomic E-state index is 0.0387. The van der Waals surface area contributed by atoms with Gasteiger partial charge in [0.2, 0.25) is 0 Å². The largest absolute Gasteiger partial charge is 0.497 e. The van der Waals surface area contributed by atoms with E-state index < -0.39 is 8.32 Å². The Balaban J connectivity index is 1.42. The molecule has 3 rings (SSSR count). The number of benzene rings is 3. The van der Waals surface area contributed by atoms with Gasteiger partial charge in [-0.05, 0) is 65.2 Å². The molecule has 0 fully saturated rings. The number of nitrogens with zero attached hydrogens (tertiary/aromatic N) is 2. The minimum Gasteiger partial charge on any atom is -0.497 e. The summed E-state index contributed by atoms with van der Waals surface area (Å²) in [7, 11) is -0.873. The van der Waals surface area contributed by atoms with Crippen LogP contribution in [0, 0.1) is 0 Å². The van der Waals surface area contributed by atoms with Gasteiger partial charge in [0.1, 0.15) is 17.2 Å². The fourth-order valence-corrected chi connectivity index (χ4v) is 10.1. The zero-order valence-corrected chi connectivity index (χ0v) is 27.2. The second-order valence-electron chi connectivity index (χ2n) is 11.8. The molecular weight excluding hydrogens is 556 g/mol. The molecule has 2 N–H and O–H groups in total. The average Bonchev–Trinajstić information content (AvgIpc) is 3.03. The first-order valence-corrected chi connectivity index (χ1v) is 17.1. The van der Waals surface area contributed by atoms with Gasteiger partial charge in [0.15, 0.2) is 0 Å². The molecule has 3 aromatic rings. The van der Waals surface area contributed by atoms with Crippen LogP contribution in [-0.4, -0.2) is 50.5 Å². The third kappa shape index (κ3) is 9.78. The molecule has 0 saturated carbocycles. The number of unbranched alkanes of at least 4 members (excludes halogenated alkanes) is 3. The van der Waals surface area contributed by atoms with Crippen molar-refractivity contribution in [2.24, 2.45) is 10.3 Å². The lowest BCUT2D eigenvalue weighted by Crippen LogP contribution is -2.66. The Bertz CT molecular complexity index is 1220. The molecule has 232 valence electrons. The molecule has 0 unspecified atom stereocenters. The molecule has 0 bridgehead atoms. The maximum atomic E-state index is 9.58. The van der Waals surface area contributed by atoms with E-state index in [1.54, 1.807) is 7.11 Å². The fraction of sp³-hybridized carbons (Fsp3) is 0.429. The second-order valence-corrected chi connectivity index (χ2v) is 16.1. The summed E-state index contributed by atoms with van der Waals surface area (Å²) in [5, 5.41) is 28.5. The van der Waals surface area contributed by atoms with Gasteiger partial charge in [0.25, 0.3) is 8.32 Å². The normalized spacial score (nSPS) is 12.8. The van der Waals surface area contributed by atoms with E-state index in [2.05, 4.69) is 91.7 Å². The highest BCUT2D eigenvalue weighted by atomic mass is 28.4. The third-order valence-corrected chi connectivity index (χ3v) is 12.8. The molecule has 3 aromatic carbocycles. The van der Waals surface area contributed by atoms with Crippen LogP contribution in [0.4, 0.5) is 0 Å². The molecule has 0 spiro atoms. The number of methoxy groups -OCH3 is 1. The zero-order valence-electron chi connectivity index (χ0n) is 26.2. The topological polar surface area (TPSA) is 92.9 Å². The van der Waals surface area contributed by atoms with Crippen LogP contribution >= 0.6 is 0 Å². The molecule has 0 aliphatic heterocycles. The van der Waals surface area contributed by atoms with Crippen molar-refractivity contribution in [3.05, 3.63) is 90.5 Å². The van der Waals surface area contributed by atoms with Crippen LogP contribution < -0.4 is 15.1 Å². The van der Waals surface area contributed by atoms with E-state index in [9.17, 15) is 10.4 Å². The maximum absolute atomic E-state index is 9.58. The summed E-state index contributed by atoms with van der Waals surface area (Å²) in [4.78, 5) is 0. The molecule has 0 amide bonds. The Kier molecular flexibility index (Phi) is 13.9. The van der Waals surface area contributed by atoms with E-state index in [-0.39, 0.29) is 5.04 Å². The standard InChI is InChI=1S/C35H48N2O5Si/c1-35(2,3)43(31-16-9-7-10-17-31,32-18-11-8-12-19-32)42-27-14-6-5-13-20-33(36-38)34(37-39)21-15-26-41-28-29-22-24-30(40-4)25-23-29/h7-12,16-19,22-25,38-39H,5-6,13-15,20-21,26-28H2,1-4H3/b36-33+,37-34-. The van der Waals surface area contributed by atoms with Crippen LogP contribution in [0.25, 0.3) is 0 Å². The first kappa shape index (κ1) is 34.0. The van der Waals surface area contributed by atoms with Gasteiger partial charge in [-0.3, -0.25) is 0 Å². The van der Waals surface area contributed by atoms with E-state index in [1.165, 1.54) is 10.4 Å². The molecule has 0 aliphatic carbocycles. The molecule has 0 aliphatic rings. The van der Waals surface area contributed by atoms with Crippen molar-refractivity contribution in [3.8, 4) is 5.75 Å². The van der Waals surface area contributed by atoms with Crippen LogP contribution in [0.2, 0.25) is 5.04 Å². The molecule has 7 nitrogen and oxygen atoms in total. The van der Waals surface area contributed by atoms with Gasteiger partial charge < -0.3 is 24.3 Å². The number of hydrogen-bond acceptors (Lipinski definition) is 7. The molecule has 0 aromatic heterocycles. The van der Waals surface area contributed by atoms with Crippen molar-refractivity contribution in [1.29, 1.82) is 0 Å². The summed E-state index contributed by atoms with van der Waals surface area (Å²) in [6.45, 7) is 8.58. The number of hydrogen-bond donors (Lipinski definition) is 2. The number of ether oxygens (including phenoxy) is 2. The fourth-order valence-electron chi connectivity index (χ4n) is 5.49. The monoisotopic (exact) mass is 604 g/mol. The van der Waals surface area contributed by atoms with Crippen LogP contribution in [0.5, 0.6) is 5.75 Å². The highest BCUT2D eigenvalue weighted by molar-refractivity contribution is 6.99. The lowest BCUT2D eigenvalue weighted by Gasteiger charge is -2.43. The van der Waals surface area contributed by atoms with Gasteiger partial charge in [-0.1, -0.05) is 117 Å². The van der Waals surface area contributed by atoms with Crippen molar-refractivity contribution in [3.63, 3.8) is 0 Å². The molecule has 0 heterocycles. The smallest absolute Gasteiger partial charge is 0.261 e. The second kappa shape index (κ2) is 17.6. The highest BCUT2D eigenvalue weighted by Crippen LogP contribution is 2.36. The Morgan fingerprint density at radius 1 is 0.674 bits per heavy atom. The Hall–Kier alpha value is -3.46. The average molecular weight is 605 g/mol. The summed E-state index contributed by atoms with van der Waals surface area (Å²) >= 11 is 0. The molecule has 0 saturated heterocycles. The van der Waals surface area contributed by atoms with Crippen LogP contribution in [0.15, 0.2) is 95.2 Å². The summed E-state index contributed by atoms with van der Waals surface area (Å²) < 4.78 is 17.9. The van der Waals surface area contributed by atoms with E-state index in [4.69, 9.17) is 13.9 Å². The van der Waals surface area contributed by atoms with Crippen LogP contribution in [-0.2, 0) is 15.8 Å². The van der Waals surface area contributed by atoms with Crippen molar-refractivity contribution >= 4 is 30.1 Å². The Morgan fingerprint density at radius 2 is 1.21 bits per heavy atom. The third-order valence-electron chi connectivity index (χ3n) is 7.75. The van der Waals surface area contributed by atoms with Gasteiger partial charge in [0.05, 0.1) is 13.7 Å². The van der Waals surface area contributed by atoms with Gasteiger partial charge in [-0.25, -0.2) is 0 Å². The van der Waals surface area contributed by atoms with Crippen molar-refractivity contribution in [1.82, 2.24) is 0 Å². The SMILES string of the molecule is COc1ccc(COCCCC(=N/O)/C(CCCCCCO[Si](c2ccccc2)(c2ccccc2)C(C)(C)C)=N/O)cc1. The van der Waals surface area contributed by atoms with E-state index >= 15 is 0 Å². The zero-order chi connectivity index (χ0) is 31.0. The molecule has 8 heteroatoms. The predicted molar refractivity (Wildman–Crippen MR) is 177 cm³/mol. The quantitative estimate of drug-likeness (QED) is 0.0528. The van der Waals surface area contributed by atoms with Crippen molar-refractivity contribution in [2.75, 3.05) is 20.3 Å². The predicted octanol–water partition coefficient (Wildman–Crippen LogP) is 7.18. The lowest BCUT2D eigenvalue weighted by molar-refractivity contribution is 0.119. The Morgan fingerprint density at radius 3 is 1.72 bits per heavy atom. The van der Waals surface area contributed by atoms with E-state index in [1.807, 2.05) is 24.3 Å². The summed E-state index contributed by atoms with van der Waals surface area (Å²) in [5.74, 6) is 0.812. The molecule has 0 atom stereocenters. The van der Waals surface area contributed by atoms with Crippen LogP contribution in [0.3, 0.4) is 0 Å². The van der Waals surface area contributed by atoms with Crippen molar-refractivity contribution in [2.45, 2.75) is 77.4 Å². The number of rotatable bonds is 18. The molecule has 0 radical (unpaired) electrons. The highest BCUT2D eigenvalue weighted by Gasteiger charge is 2.49. The summed E-state index contributed by atoms with van der Waals surface area (Å²) in [6.07, 6.45) is 5.44. The van der Waals surface area contributed by atoms with Gasteiger partial charge in [0, 0.05) is 13.2 Å². The molecule has 43 heavy (non-hydrogen) atoms. The van der Waals surface area contributed by atoms with Crippen LogP contribution in [0.1, 0.15) is 71.3 Å². The van der Waals surface area contributed by atoms with E-state index in [0.29, 0.717) is 50.5 Å². The lowest BCUT2D eigenvalue weighted by atomic mass is 10.0. The summed E-state index contributed by atoms with van der Waals surface area (Å²) in [5.41, 5.74) is 1.90. The maximum Gasteiger partial charge on any atom is 0.261 e. The minimum atomic E-state index is -2.51. The van der Waals surface area contributed by atoms with Gasteiger partial charge in [-0.2, -0.15) is 0 Å². The van der Waals surface area contributed by atoms with E-state index in [0.717, 1.165) is 37.0 Å². The molecular formula is C35H48N2O5Si. The van der Waals surface area contributed by atoms with Gasteiger partial charge >= 0.3 is 0 Å². The number of oxime groups is 2. The van der Waals surface area contributed by atoms with Gasteiger partial charge in [-0.15, -0.1) is 0 Å². The van der Waals surface area contributed by atoms with Crippen molar-refractivity contribution < 1.29 is 24.3 Å². The first-order valence-electron chi connectivity index (χ1n) is 15.2. The summed E-state index contributed by atoms with van der Waals surface area (Å²) in [6, 6.07) is 29.2.